The summed E-state index contributed by atoms with van der Waals surface area (Å²) < 4.78 is 5.75. The summed E-state index contributed by atoms with van der Waals surface area (Å²) in [5.41, 5.74) is 0.422. The predicted molar refractivity (Wildman–Crippen MR) is 58.9 cm³/mol. The van der Waals surface area contributed by atoms with Crippen molar-refractivity contribution >= 4 is 0 Å². The SMILES string of the molecule is CC.CC(C)C1CCC(C)(C)CO1. The molecule has 1 fully saturated rings. The topological polar surface area (TPSA) is 9.23 Å². The molecule has 1 nitrogen and oxygen atoms in total. The maximum atomic E-state index is 5.75. The van der Waals surface area contributed by atoms with Gasteiger partial charge in [0.2, 0.25) is 0 Å². The standard InChI is InChI=1S/C10H20O.C2H6/c1-8(2)9-5-6-10(3,4)7-11-9;1-2/h8-9H,5-7H2,1-4H3;1-2H3. The predicted octanol–water partition coefficient (Wildman–Crippen LogP) is 3.87. The summed E-state index contributed by atoms with van der Waals surface area (Å²) in [6, 6.07) is 0. The molecular weight excluding hydrogens is 160 g/mol. The van der Waals surface area contributed by atoms with Gasteiger partial charge in [-0.15, -0.1) is 0 Å². The lowest BCUT2D eigenvalue weighted by molar-refractivity contribution is -0.0679. The maximum Gasteiger partial charge on any atom is 0.0598 e. The smallest absolute Gasteiger partial charge is 0.0598 e. The van der Waals surface area contributed by atoms with Crippen LogP contribution in [0.4, 0.5) is 0 Å². The average molecular weight is 186 g/mol. The van der Waals surface area contributed by atoms with Gasteiger partial charge in [0, 0.05) is 0 Å². The Hall–Kier alpha value is -0.0400. The van der Waals surface area contributed by atoms with E-state index in [2.05, 4.69) is 27.7 Å². The highest BCUT2D eigenvalue weighted by Crippen LogP contribution is 2.32. The van der Waals surface area contributed by atoms with E-state index < -0.39 is 0 Å². The minimum absolute atomic E-state index is 0.422. The summed E-state index contributed by atoms with van der Waals surface area (Å²) in [6.07, 6.45) is 3.07. The second-order valence-corrected chi connectivity index (χ2v) is 4.80. The third kappa shape index (κ3) is 4.66. The van der Waals surface area contributed by atoms with Gasteiger partial charge in [-0.05, 0) is 24.2 Å². The molecule has 0 radical (unpaired) electrons. The highest BCUT2D eigenvalue weighted by atomic mass is 16.5. The Bertz CT molecular complexity index is 117. The van der Waals surface area contributed by atoms with Crippen molar-refractivity contribution in [2.75, 3.05) is 6.61 Å². The Morgan fingerprint density at radius 2 is 1.77 bits per heavy atom. The van der Waals surface area contributed by atoms with Crippen molar-refractivity contribution in [3.63, 3.8) is 0 Å². The molecule has 0 bridgehead atoms. The van der Waals surface area contributed by atoms with Gasteiger partial charge in [0.25, 0.3) is 0 Å². The molecule has 0 saturated carbocycles. The molecule has 1 aliphatic heterocycles. The molecule has 1 heteroatoms. The van der Waals surface area contributed by atoms with Crippen molar-refractivity contribution in [2.45, 2.75) is 60.5 Å². The first-order valence-electron chi connectivity index (χ1n) is 5.63. The van der Waals surface area contributed by atoms with Crippen LogP contribution in [0.25, 0.3) is 0 Å². The molecule has 1 heterocycles. The van der Waals surface area contributed by atoms with Crippen molar-refractivity contribution in [2.24, 2.45) is 11.3 Å². The third-order valence-electron chi connectivity index (χ3n) is 2.54. The lowest BCUT2D eigenvalue weighted by Gasteiger charge is -2.36. The molecule has 0 spiro atoms. The summed E-state index contributed by atoms with van der Waals surface area (Å²) in [7, 11) is 0. The van der Waals surface area contributed by atoms with Crippen LogP contribution >= 0.6 is 0 Å². The zero-order valence-corrected chi connectivity index (χ0v) is 10.2. The van der Waals surface area contributed by atoms with Crippen molar-refractivity contribution in [1.29, 1.82) is 0 Å². The van der Waals surface area contributed by atoms with Gasteiger partial charge in [0.15, 0.2) is 0 Å². The van der Waals surface area contributed by atoms with Crippen LogP contribution in [0.5, 0.6) is 0 Å². The molecule has 1 saturated heterocycles. The Morgan fingerprint density at radius 1 is 1.23 bits per heavy atom. The summed E-state index contributed by atoms with van der Waals surface area (Å²) in [4.78, 5) is 0. The lowest BCUT2D eigenvalue weighted by atomic mass is 9.83. The zero-order chi connectivity index (χ0) is 10.5. The van der Waals surface area contributed by atoms with E-state index >= 15 is 0 Å². The number of hydrogen-bond donors (Lipinski definition) is 0. The molecular formula is C12H26O. The van der Waals surface area contributed by atoms with Gasteiger partial charge in [-0.3, -0.25) is 0 Å². The van der Waals surface area contributed by atoms with E-state index in [9.17, 15) is 0 Å². The molecule has 80 valence electrons. The van der Waals surface area contributed by atoms with Crippen LogP contribution in [0, 0.1) is 11.3 Å². The van der Waals surface area contributed by atoms with Crippen molar-refractivity contribution in [3.8, 4) is 0 Å². The molecule has 0 aromatic carbocycles. The van der Waals surface area contributed by atoms with Gasteiger partial charge in [0.1, 0.15) is 0 Å². The normalized spacial score (nSPS) is 26.5. The molecule has 0 aliphatic carbocycles. The molecule has 0 aromatic heterocycles. The lowest BCUT2D eigenvalue weighted by Crippen LogP contribution is -2.34. The largest absolute Gasteiger partial charge is 0.377 e. The second-order valence-electron chi connectivity index (χ2n) is 4.80. The van der Waals surface area contributed by atoms with E-state index in [1.54, 1.807) is 0 Å². The summed E-state index contributed by atoms with van der Waals surface area (Å²) in [6.45, 7) is 14.0. The molecule has 1 unspecified atom stereocenters. The Kier molecular flexibility index (Phi) is 5.62. The van der Waals surface area contributed by atoms with Gasteiger partial charge >= 0.3 is 0 Å². The Morgan fingerprint density at radius 3 is 2.08 bits per heavy atom. The second kappa shape index (κ2) is 5.64. The number of hydrogen-bond acceptors (Lipinski definition) is 1. The Balaban J connectivity index is 0.000000671. The van der Waals surface area contributed by atoms with E-state index in [1.165, 1.54) is 12.8 Å². The fourth-order valence-electron chi connectivity index (χ4n) is 1.55. The van der Waals surface area contributed by atoms with Crippen LogP contribution in [-0.4, -0.2) is 12.7 Å². The summed E-state index contributed by atoms with van der Waals surface area (Å²) >= 11 is 0. The van der Waals surface area contributed by atoms with Gasteiger partial charge in [-0.1, -0.05) is 41.5 Å². The van der Waals surface area contributed by atoms with Crippen LogP contribution in [0.1, 0.15) is 54.4 Å². The van der Waals surface area contributed by atoms with Crippen LogP contribution in [-0.2, 0) is 4.74 Å². The molecule has 0 N–H and O–H groups in total. The summed E-state index contributed by atoms with van der Waals surface area (Å²) in [5, 5.41) is 0. The van der Waals surface area contributed by atoms with E-state index in [1.807, 2.05) is 13.8 Å². The first-order chi connectivity index (χ1) is 6.01. The highest BCUT2D eigenvalue weighted by Gasteiger charge is 2.28. The summed E-state index contributed by atoms with van der Waals surface area (Å²) in [5.74, 6) is 0.686. The average Bonchev–Trinajstić information content (AvgIpc) is 2.07. The van der Waals surface area contributed by atoms with Crippen LogP contribution in [0.2, 0.25) is 0 Å². The van der Waals surface area contributed by atoms with Crippen LogP contribution < -0.4 is 0 Å². The number of ether oxygens (including phenoxy) is 1. The molecule has 1 atom stereocenters. The Labute approximate surface area is 83.9 Å². The first kappa shape index (κ1) is 13.0. The molecule has 13 heavy (non-hydrogen) atoms. The van der Waals surface area contributed by atoms with E-state index in [4.69, 9.17) is 4.74 Å². The van der Waals surface area contributed by atoms with Crippen LogP contribution in [0.15, 0.2) is 0 Å². The van der Waals surface area contributed by atoms with Gasteiger partial charge in [0.05, 0.1) is 12.7 Å². The van der Waals surface area contributed by atoms with Crippen molar-refractivity contribution in [3.05, 3.63) is 0 Å². The minimum Gasteiger partial charge on any atom is -0.377 e. The monoisotopic (exact) mass is 186 g/mol. The van der Waals surface area contributed by atoms with Gasteiger partial charge in [-0.2, -0.15) is 0 Å². The number of rotatable bonds is 1. The van der Waals surface area contributed by atoms with E-state index in [0.717, 1.165) is 6.61 Å². The van der Waals surface area contributed by atoms with E-state index in [-0.39, 0.29) is 0 Å². The van der Waals surface area contributed by atoms with Gasteiger partial charge < -0.3 is 4.74 Å². The molecule has 0 aromatic rings. The quantitative estimate of drug-likeness (QED) is 0.604. The molecule has 1 aliphatic rings. The van der Waals surface area contributed by atoms with Crippen molar-refractivity contribution in [1.82, 2.24) is 0 Å². The fourth-order valence-corrected chi connectivity index (χ4v) is 1.55. The fraction of sp³-hybridized carbons (Fsp3) is 1.00. The third-order valence-corrected chi connectivity index (χ3v) is 2.54. The maximum absolute atomic E-state index is 5.75. The highest BCUT2D eigenvalue weighted by molar-refractivity contribution is 4.77. The first-order valence-corrected chi connectivity index (χ1v) is 5.63. The van der Waals surface area contributed by atoms with Crippen molar-refractivity contribution < 1.29 is 4.74 Å². The minimum atomic E-state index is 0.422. The van der Waals surface area contributed by atoms with Crippen LogP contribution in [0.3, 0.4) is 0 Å². The van der Waals surface area contributed by atoms with Gasteiger partial charge in [-0.25, -0.2) is 0 Å². The molecule has 1 rings (SSSR count). The molecule has 0 amide bonds. The van der Waals surface area contributed by atoms with E-state index in [0.29, 0.717) is 17.4 Å². The zero-order valence-electron chi connectivity index (χ0n) is 10.2.